The highest BCUT2D eigenvalue weighted by Crippen LogP contribution is 2.21. The Hall–Kier alpha value is -3.82. The third kappa shape index (κ3) is 6.37. The first-order chi connectivity index (χ1) is 16.1. The largest absolute Gasteiger partial charge is 0.455 e. The second kappa shape index (κ2) is 10.9. The number of carbonyl (C=O) groups is 4. The summed E-state index contributed by atoms with van der Waals surface area (Å²) >= 11 is 0. The third-order valence-electron chi connectivity index (χ3n) is 5.64. The first-order valence-corrected chi connectivity index (χ1v) is 10.7. The van der Waals surface area contributed by atoms with Gasteiger partial charge in [0.1, 0.15) is 11.6 Å². The number of hydrogen-bond acceptors (Lipinski definition) is 5. The molecular weight excluding hydrogens is 448 g/mol. The zero-order chi connectivity index (χ0) is 24.8. The number of halogens is 2. The number of amides is 4. The lowest BCUT2D eigenvalue weighted by Crippen LogP contribution is -2.42. The summed E-state index contributed by atoms with van der Waals surface area (Å²) in [5, 5.41) is 4.62. The maximum atomic E-state index is 13.9. The van der Waals surface area contributed by atoms with Crippen molar-refractivity contribution in [3.8, 4) is 0 Å². The van der Waals surface area contributed by atoms with E-state index in [4.69, 9.17) is 4.74 Å². The summed E-state index contributed by atoms with van der Waals surface area (Å²) in [4.78, 5) is 50.0. The molecule has 1 heterocycles. The number of urea groups is 1. The first kappa shape index (κ1) is 24.8. The van der Waals surface area contributed by atoms with Crippen molar-refractivity contribution in [1.29, 1.82) is 0 Å². The van der Waals surface area contributed by atoms with Crippen molar-refractivity contribution in [2.45, 2.75) is 26.7 Å². The predicted octanol–water partition coefficient (Wildman–Crippen LogP) is 3.33. The number of esters is 1. The van der Waals surface area contributed by atoms with Gasteiger partial charge in [-0.25, -0.2) is 13.6 Å². The van der Waals surface area contributed by atoms with Crippen molar-refractivity contribution in [1.82, 2.24) is 10.2 Å². The van der Waals surface area contributed by atoms with Crippen LogP contribution < -0.4 is 10.6 Å². The summed E-state index contributed by atoms with van der Waals surface area (Å²) in [6.07, 6.45) is 0.532. The normalized spacial score (nSPS) is 13.8. The number of hydrogen-bond donors (Lipinski definition) is 2. The zero-order valence-corrected chi connectivity index (χ0v) is 18.8. The van der Waals surface area contributed by atoms with Gasteiger partial charge >= 0.3 is 12.0 Å². The van der Waals surface area contributed by atoms with Crippen LogP contribution in [-0.2, 0) is 14.3 Å². The lowest BCUT2D eigenvalue weighted by Gasteiger charge is -2.31. The average molecular weight is 473 g/mol. The predicted molar refractivity (Wildman–Crippen MR) is 119 cm³/mol. The van der Waals surface area contributed by atoms with Gasteiger partial charge in [0.05, 0.1) is 11.5 Å². The number of benzene rings is 2. The van der Waals surface area contributed by atoms with Gasteiger partial charge in [0.2, 0.25) is 0 Å². The van der Waals surface area contributed by atoms with Crippen LogP contribution in [0.2, 0.25) is 0 Å². The molecule has 0 spiro atoms. The van der Waals surface area contributed by atoms with Gasteiger partial charge in [-0.15, -0.1) is 0 Å². The van der Waals surface area contributed by atoms with Crippen LogP contribution in [0.25, 0.3) is 0 Å². The Bertz CT molecular complexity index is 1110. The Balaban J connectivity index is 1.41. The highest BCUT2D eigenvalue weighted by Gasteiger charge is 2.30. The number of rotatable bonds is 5. The summed E-state index contributed by atoms with van der Waals surface area (Å²) < 4.78 is 31.9. The van der Waals surface area contributed by atoms with Crippen LogP contribution >= 0.6 is 0 Å². The third-order valence-corrected chi connectivity index (χ3v) is 5.64. The van der Waals surface area contributed by atoms with E-state index in [-0.39, 0.29) is 31.5 Å². The fraction of sp³-hybridized carbons (Fsp3) is 0.333. The summed E-state index contributed by atoms with van der Waals surface area (Å²) in [7, 11) is 0. The molecule has 34 heavy (non-hydrogen) atoms. The van der Waals surface area contributed by atoms with Crippen LogP contribution in [0.15, 0.2) is 36.4 Å². The van der Waals surface area contributed by atoms with E-state index in [9.17, 15) is 28.0 Å². The molecule has 2 aromatic carbocycles. The number of likely N-dealkylation sites (tertiary alicyclic amines) is 1. The number of ether oxygens (including phenoxy) is 1. The summed E-state index contributed by atoms with van der Waals surface area (Å²) in [5.41, 5.74) is 2.32. The SMILES string of the molecule is Cc1ccc(NC(=O)NC(=O)COC(=O)C2CCN(C(=O)c3ccc(F)cc3F)CC2)cc1C. The molecule has 3 rings (SSSR count). The molecule has 2 N–H and O–H groups in total. The Morgan fingerprint density at radius 2 is 1.71 bits per heavy atom. The lowest BCUT2D eigenvalue weighted by molar-refractivity contribution is -0.153. The quantitative estimate of drug-likeness (QED) is 0.649. The number of aryl methyl sites for hydroxylation is 2. The molecule has 0 bridgehead atoms. The summed E-state index contributed by atoms with van der Waals surface area (Å²) in [6, 6.07) is 7.29. The van der Waals surface area contributed by atoms with Crippen LogP contribution in [-0.4, -0.2) is 48.4 Å². The van der Waals surface area contributed by atoms with Gasteiger partial charge in [-0.1, -0.05) is 6.07 Å². The molecular formula is C24H25F2N3O5. The molecule has 10 heteroatoms. The molecule has 0 radical (unpaired) electrons. The maximum Gasteiger partial charge on any atom is 0.325 e. The van der Waals surface area contributed by atoms with E-state index in [0.29, 0.717) is 11.8 Å². The van der Waals surface area contributed by atoms with E-state index in [1.165, 1.54) is 4.90 Å². The monoisotopic (exact) mass is 473 g/mol. The number of anilines is 1. The Kier molecular flexibility index (Phi) is 7.93. The highest BCUT2D eigenvalue weighted by atomic mass is 19.1. The average Bonchev–Trinajstić information content (AvgIpc) is 2.79. The molecule has 0 aliphatic carbocycles. The van der Waals surface area contributed by atoms with E-state index in [1.54, 1.807) is 12.1 Å². The minimum absolute atomic E-state index is 0.181. The number of nitrogens with one attached hydrogen (secondary N) is 2. The zero-order valence-electron chi connectivity index (χ0n) is 18.8. The fourth-order valence-corrected chi connectivity index (χ4v) is 3.55. The minimum atomic E-state index is -0.945. The summed E-state index contributed by atoms with van der Waals surface area (Å²) in [5.74, 6) is -4.25. The molecule has 1 fully saturated rings. The van der Waals surface area contributed by atoms with Gasteiger partial charge in [0, 0.05) is 24.8 Å². The van der Waals surface area contributed by atoms with E-state index >= 15 is 0 Å². The highest BCUT2D eigenvalue weighted by molar-refractivity contribution is 6.02. The van der Waals surface area contributed by atoms with Gasteiger partial charge in [-0.2, -0.15) is 0 Å². The molecule has 0 aromatic heterocycles. The molecule has 2 aromatic rings. The Morgan fingerprint density at radius 3 is 2.35 bits per heavy atom. The smallest absolute Gasteiger partial charge is 0.325 e. The molecule has 1 saturated heterocycles. The van der Waals surface area contributed by atoms with Gasteiger partial charge in [-0.05, 0) is 62.1 Å². The van der Waals surface area contributed by atoms with Crippen molar-refractivity contribution in [3.63, 3.8) is 0 Å². The topological polar surface area (TPSA) is 105 Å². The van der Waals surface area contributed by atoms with Crippen LogP contribution in [0.3, 0.4) is 0 Å². The lowest BCUT2D eigenvalue weighted by atomic mass is 9.96. The number of carbonyl (C=O) groups excluding carboxylic acids is 4. The van der Waals surface area contributed by atoms with E-state index < -0.39 is 48.0 Å². The standard InChI is InChI=1S/C24H25F2N3O5/c1-14-3-5-18(11-15(14)2)27-24(33)28-21(30)13-34-23(32)16-7-9-29(10-8-16)22(31)19-6-4-17(25)12-20(19)26/h3-6,11-12,16H,7-10,13H2,1-2H3,(H2,27,28,30,33). The van der Waals surface area contributed by atoms with Gasteiger partial charge in [0.15, 0.2) is 6.61 Å². The van der Waals surface area contributed by atoms with Crippen molar-refractivity contribution in [3.05, 3.63) is 64.7 Å². The van der Waals surface area contributed by atoms with E-state index in [0.717, 1.165) is 23.3 Å². The van der Waals surface area contributed by atoms with Crippen LogP contribution in [0.1, 0.15) is 34.3 Å². The van der Waals surface area contributed by atoms with Crippen molar-refractivity contribution < 1.29 is 32.7 Å². The molecule has 0 unspecified atom stereocenters. The van der Waals surface area contributed by atoms with Crippen molar-refractivity contribution >= 4 is 29.5 Å². The molecule has 0 atom stereocenters. The molecule has 180 valence electrons. The molecule has 8 nitrogen and oxygen atoms in total. The minimum Gasteiger partial charge on any atom is -0.455 e. The molecule has 4 amide bonds. The van der Waals surface area contributed by atoms with Gasteiger partial charge in [0.25, 0.3) is 11.8 Å². The first-order valence-electron chi connectivity index (χ1n) is 10.7. The molecule has 1 aliphatic rings. The van der Waals surface area contributed by atoms with E-state index in [2.05, 4.69) is 10.6 Å². The van der Waals surface area contributed by atoms with E-state index in [1.807, 2.05) is 19.9 Å². The van der Waals surface area contributed by atoms with Gasteiger partial charge < -0.3 is 15.0 Å². The van der Waals surface area contributed by atoms with Crippen molar-refractivity contribution in [2.24, 2.45) is 5.92 Å². The number of piperidine rings is 1. The van der Waals surface area contributed by atoms with Crippen molar-refractivity contribution in [2.75, 3.05) is 25.0 Å². The van der Waals surface area contributed by atoms with Crippen LogP contribution in [0.4, 0.5) is 19.3 Å². The summed E-state index contributed by atoms with van der Waals surface area (Å²) in [6.45, 7) is 3.56. The fourth-order valence-electron chi connectivity index (χ4n) is 3.55. The number of imide groups is 1. The second-order valence-corrected chi connectivity index (χ2v) is 8.10. The Morgan fingerprint density at radius 1 is 1.00 bits per heavy atom. The number of nitrogens with zero attached hydrogens (tertiary/aromatic N) is 1. The van der Waals surface area contributed by atoms with Gasteiger partial charge in [-0.3, -0.25) is 19.7 Å². The van der Waals surface area contributed by atoms with Crippen LogP contribution in [0.5, 0.6) is 0 Å². The maximum absolute atomic E-state index is 13.9. The van der Waals surface area contributed by atoms with Crippen LogP contribution in [0, 0.1) is 31.4 Å². The Labute approximate surface area is 195 Å². The molecule has 0 saturated carbocycles. The molecule has 1 aliphatic heterocycles. The second-order valence-electron chi connectivity index (χ2n) is 8.10.